The highest BCUT2D eigenvalue weighted by Gasteiger charge is 2.14. The number of nitrogens with two attached hydrogens (primary N) is 1. The first-order valence-electron chi connectivity index (χ1n) is 4.28. The molecule has 0 saturated heterocycles. The number of nitrogens with zero attached hydrogens (tertiary/aromatic N) is 3. The molecule has 0 unspecified atom stereocenters. The van der Waals surface area contributed by atoms with E-state index in [1.807, 2.05) is 13.8 Å². The molecule has 1 aromatic rings. The molecule has 6 nitrogen and oxygen atoms in total. The summed E-state index contributed by atoms with van der Waals surface area (Å²) in [5.74, 6) is 0. The number of hydrogen-bond donors (Lipinski definition) is 1. The van der Waals surface area contributed by atoms with Crippen LogP contribution in [0.3, 0.4) is 0 Å². The first-order chi connectivity index (χ1) is 6.90. The Morgan fingerprint density at radius 1 is 1.27 bits per heavy atom. The highest BCUT2D eigenvalue weighted by molar-refractivity contribution is 6.28. The maximum Gasteiger partial charge on any atom is 0.323 e. The third-order valence-corrected chi connectivity index (χ3v) is 1.49. The van der Waals surface area contributed by atoms with E-state index >= 15 is 0 Å². The molecule has 0 aliphatic carbocycles. The van der Waals surface area contributed by atoms with Crippen LogP contribution in [0.4, 0.5) is 0 Å². The Hall–Kier alpha value is -1.14. The summed E-state index contributed by atoms with van der Waals surface area (Å²) in [4.78, 5) is 11.3. The van der Waals surface area contributed by atoms with Gasteiger partial charge in [-0.1, -0.05) is 0 Å². The molecule has 1 heterocycles. The van der Waals surface area contributed by atoms with Crippen molar-refractivity contribution in [1.29, 1.82) is 0 Å². The van der Waals surface area contributed by atoms with Gasteiger partial charge in [0.2, 0.25) is 5.28 Å². The largest absolute Gasteiger partial charge is 0.467 e. The van der Waals surface area contributed by atoms with Crippen molar-refractivity contribution >= 4 is 11.6 Å². The van der Waals surface area contributed by atoms with Crippen LogP contribution < -0.4 is 15.2 Å². The average Bonchev–Trinajstić information content (AvgIpc) is 2.13. The van der Waals surface area contributed by atoms with Crippen molar-refractivity contribution in [1.82, 2.24) is 15.0 Å². The molecular formula is C8H13ClN4O2. The van der Waals surface area contributed by atoms with Crippen molar-refractivity contribution < 1.29 is 9.47 Å². The molecule has 0 bridgehead atoms. The first kappa shape index (κ1) is 11.9. The summed E-state index contributed by atoms with van der Waals surface area (Å²) >= 11 is 5.63. The topological polar surface area (TPSA) is 83.2 Å². The van der Waals surface area contributed by atoms with Crippen LogP contribution in [0.2, 0.25) is 5.28 Å². The zero-order valence-corrected chi connectivity index (χ0v) is 9.58. The third-order valence-electron chi connectivity index (χ3n) is 1.32. The van der Waals surface area contributed by atoms with E-state index in [1.54, 1.807) is 0 Å². The van der Waals surface area contributed by atoms with Crippen molar-refractivity contribution in [3.63, 3.8) is 0 Å². The predicted octanol–water partition coefficient (Wildman–Crippen LogP) is 0.650. The monoisotopic (exact) mass is 232 g/mol. The van der Waals surface area contributed by atoms with E-state index in [0.29, 0.717) is 0 Å². The SMILES string of the molecule is COc1nc(Cl)nc(OCC(C)(C)N)n1. The minimum absolute atomic E-state index is 0.0201. The third kappa shape index (κ3) is 4.26. The number of rotatable bonds is 4. The van der Waals surface area contributed by atoms with Gasteiger partial charge < -0.3 is 15.2 Å². The second-order valence-corrected chi connectivity index (χ2v) is 3.99. The summed E-state index contributed by atoms with van der Waals surface area (Å²) in [6.07, 6.45) is 0. The maximum absolute atomic E-state index is 5.73. The van der Waals surface area contributed by atoms with Gasteiger partial charge in [-0.2, -0.15) is 9.97 Å². The molecule has 0 saturated carbocycles. The molecule has 0 radical (unpaired) electrons. The Kier molecular flexibility index (Phi) is 3.65. The van der Waals surface area contributed by atoms with Crippen LogP contribution in [-0.4, -0.2) is 34.2 Å². The van der Waals surface area contributed by atoms with Crippen molar-refractivity contribution in [3.8, 4) is 12.0 Å². The second-order valence-electron chi connectivity index (χ2n) is 3.65. The van der Waals surface area contributed by atoms with Crippen molar-refractivity contribution in [3.05, 3.63) is 5.28 Å². The maximum atomic E-state index is 5.73. The van der Waals surface area contributed by atoms with E-state index in [0.717, 1.165) is 0 Å². The second kappa shape index (κ2) is 4.59. The Bertz CT molecular complexity index is 340. The fourth-order valence-electron chi connectivity index (χ4n) is 0.721. The molecule has 0 fully saturated rings. The molecule has 0 aromatic carbocycles. The number of hydrogen-bond acceptors (Lipinski definition) is 6. The van der Waals surface area contributed by atoms with Gasteiger partial charge in [-0.05, 0) is 25.4 Å². The van der Waals surface area contributed by atoms with Crippen molar-refractivity contribution in [2.24, 2.45) is 5.73 Å². The molecule has 0 amide bonds. The zero-order valence-electron chi connectivity index (χ0n) is 8.82. The number of halogens is 1. The molecule has 15 heavy (non-hydrogen) atoms. The van der Waals surface area contributed by atoms with E-state index in [-0.39, 0.29) is 23.9 Å². The van der Waals surface area contributed by atoms with Gasteiger partial charge in [0.1, 0.15) is 6.61 Å². The van der Waals surface area contributed by atoms with E-state index in [1.165, 1.54) is 7.11 Å². The summed E-state index contributed by atoms with van der Waals surface area (Å²) in [7, 11) is 1.43. The van der Waals surface area contributed by atoms with Crippen LogP contribution in [0.5, 0.6) is 12.0 Å². The highest BCUT2D eigenvalue weighted by Crippen LogP contribution is 2.13. The number of methoxy groups -OCH3 is 1. The molecule has 1 aromatic heterocycles. The van der Waals surface area contributed by atoms with Gasteiger partial charge >= 0.3 is 12.0 Å². The predicted molar refractivity (Wildman–Crippen MR) is 55.2 cm³/mol. The number of aromatic nitrogens is 3. The first-order valence-corrected chi connectivity index (χ1v) is 4.66. The lowest BCUT2D eigenvalue weighted by atomic mass is 10.1. The Labute approximate surface area is 92.8 Å². The lowest BCUT2D eigenvalue weighted by molar-refractivity contribution is 0.221. The zero-order chi connectivity index (χ0) is 11.5. The van der Waals surface area contributed by atoms with Gasteiger partial charge in [-0.25, -0.2) is 0 Å². The van der Waals surface area contributed by atoms with E-state index in [4.69, 9.17) is 26.8 Å². The summed E-state index contributed by atoms with van der Waals surface area (Å²) in [6.45, 7) is 3.93. The van der Waals surface area contributed by atoms with Crippen molar-refractivity contribution in [2.75, 3.05) is 13.7 Å². The van der Waals surface area contributed by atoms with Gasteiger partial charge in [0.25, 0.3) is 0 Å². The molecule has 1 rings (SSSR count). The van der Waals surface area contributed by atoms with Gasteiger partial charge in [0.15, 0.2) is 0 Å². The van der Waals surface area contributed by atoms with Gasteiger partial charge in [0.05, 0.1) is 7.11 Å². The molecule has 2 N–H and O–H groups in total. The number of ether oxygens (including phenoxy) is 2. The minimum Gasteiger partial charge on any atom is -0.467 e. The van der Waals surface area contributed by atoms with E-state index in [2.05, 4.69) is 15.0 Å². The molecule has 0 atom stereocenters. The van der Waals surface area contributed by atoms with Crippen LogP contribution >= 0.6 is 11.6 Å². The van der Waals surface area contributed by atoms with Crippen LogP contribution in [0.15, 0.2) is 0 Å². The van der Waals surface area contributed by atoms with Gasteiger partial charge in [0, 0.05) is 5.54 Å². The minimum atomic E-state index is -0.466. The van der Waals surface area contributed by atoms with E-state index in [9.17, 15) is 0 Å². The highest BCUT2D eigenvalue weighted by atomic mass is 35.5. The Morgan fingerprint density at radius 2 is 1.87 bits per heavy atom. The quantitative estimate of drug-likeness (QED) is 0.821. The van der Waals surface area contributed by atoms with Crippen LogP contribution in [-0.2, 0) is 0 Å². The fourth-order valence-corrected chi connectivity index (χ4v) is 0.866. The van der Waals surface area contributed by atoms with E-state index < -0.39 is 5.54 Å². The fraction of sp³-hybridized carbons (Fsp3) is 0.625. The van der Waals surface area contributed by atoms with Gasteiger partial charge in [-0.15, -0.1) is 4.98 Å². The summed E-state index contributed by atoms with van der Waals surface area (Å²) in [6, 6.07) is 0.213. The molecule has 0 spiro atoms. The summed E-state index contributed by atoms with van der Waals surface area (Å²) < 4.78 is 10.1. The van der Waals surface area contributed by atoms with Crippen molar-refractivity contribution in [2.45, 2.75) is 19.4 Å². The Balaban J connectivity index is 2.73. The smallest absolute Gasteiger partial charge is 0.323 e. The normalized spacial score (nSPS) is 11.3. The summed E-state index contributed by atoms with van der Waals surface area (Å²) in [5.41, 5.74) is 5.27. The van der Waals surface area contributed by atoms with Crippen LogP contribution in [0.25, 0.3) is 0 Å². The molecule has 0 aliphatic heterocycles. The lowest BCUT2D eigenvalue weighted by Crippen LogP contribution is -2.39. The molecule has 84 valence electrons. The molecule has 7 heteroatoms. The Morgan fingerprint density at radius 3 is 2.40 bits per heavy atom. The van der Waals surface area contributed by atoms with Gasteiger partial charge in [-0.3, -0.25) is 0 Å². The average molecular weight is 233 g/mol. The standard InChI is InChI=1S/C8H13ClN4O2/c1-8(2,10)4-15-7-12-5(9)11-6(13-7)14-3/h4,10H2,1-3H3. The lowest BCUT2D eigenvalue weighted by Gasteiger charge is -2.17. The van der Waals surface area contributed by atoms with Crippen LogP contribution in [0, 0.1) is 0 Å². The summed E-state index contributed by atoms with van der Waals surface area (Å²) in [5, 5.41) is 0.0201. The molecule has 0 aliphatic rings. The molecular weight excluding hydrogens is 220 g/mol. The van der Waals surface area contributed by atoms with Crippen LogP contribution in [0.1, 0.15) is 13.8 Å².